The molecule has 0 aliphatic heterocycles. The highest BCUT2D eigenvalue weighted by atomic mass is 14.9. The molecule has 0 fully saturated rings. The lowest BCUT2D eigenvalue weighted by Crippen LogP contribution is -2.31. The highest BCUT2D eigenvalue weighted by Crippen LogP contribution is 2.26. The Bertz CT molecular complexity index is 775. The first-order valence-electron chi connectivity index (χ1n) is 8.96. The van der Waals surface area contributed by atoms with Gasteiger partial charge in [0.2, 0.25) is 5.69 Å². The molecular weight excluding hydrogens is 218 g/mol. The number of nitrogens with zero attached hydrogens (tertiary/aromatic N) is 1. The van der Waals surface area contributed by atoms with Gasteiger partial charge in [0, 0.05) is 25.4 Å². The quantitative estimate of drug-likeness (QED) is 0.675. The molecule has 94 valence electrons. The molecule has 2 aromatic rings. The molecule has 1 aromatic carbocycles. The highest BCUT2D eigenvalue weighted by Gasteiger charge is 2.15. The molecule has 0 atom stereocenters. The normalized spacial score (nSPS) is 17.1. The molecule has 0 N–H and O–H groups in total. The lowest BCUT2D eigenvalue weighted by Gasteiger charge is -2.11. The fourth-order valence-electron chi connectivity index (χ4n) is 2.12. The van der Waals surface area contributed by atoms with Crippen molar-refractivity contribution in [2.24, 2.45) is 7.05 Å². The summed E-state index contributed by atoms with van der Waals surface area (Å²) in [4.78, 5) is 0. The zero-order valence-electron chi connectivity index (χ0n) is 17.3. The maximum absolute atomic E-state index is 7.62. The lowest BCUT2D eigenvalue weighted by molar-refractivity contribution is -0.660. The van der Waals surface area contributed by atoms with Crippen LogP contribution in [-0.2, 0) is 7.05 Å². The predicted molar refractivity (Wildman–Crippen MR) is 76.7 cm³/mol. The van der Waals surface area contributed by atoms with E-state index in [1.165, 1.54) is 0 Å². The van der Waals surface area contributed by atoms with E-state index < -0.39 is 13.7 Å². The van der Waals surface area contributed by atoms with Crippen LogP contribution in [0.3, 0.4) is 0 Å². The fourth-order valence-corrected chi connectivity index (χ4v) is 2.12. The largest absolute Gasteiger partial charge is 0.212 e. The molecule has 1 nitrogen and oxygen atoms in total. The van der Waals surface area contributed by atoms with Gasteiger partial charge in [-0.05, 0) is 62.8 Å². The summed E-state index contributed by atoms with van der Waals surface area (Å²) in [6.07, 6.45) is 1.63. The van der Waals surface area contributed by atoms with Gasteiger partial charge in [0.1, 0.15) is 7.05 Å². The minimum atomic E-state index is -2.16. The van der Waals surface area contributed by atoms with Crippen LogP contribution in [-0.4, -0.2) is 0 Å². The Morgan fingerprint density at radius 3 is 2.33 bits per heavy atom. The Balaban J connectivity index is 2.66. The van der Waals surface area contributed by atoms with E-state index in [-0.39, 0.29) is 0 Å². The fraction of sp³-hybridized carbons (Fsp3) is 0.353. The number of aryl methyl sites for hydroxylation is 4. The SMILES string of the molecule is [2H]C([2H])([2H])c1c[n+](C)c(-c2ccc(C([2H])([2H])[2H])c(C)c2C)cc1C. The summed E-state index contributed by atoms with van der Waals surface area (Å²) < 4.78 is 47.5. The molecular formula is C17H22N+. The monoisotopic (exact) mass is 246 g/mol. The van der Waals surface area contributed by atoms with Crippen molar-refractivity contribution in [1.29, 1.82) is 0 Å². The van der Waals surface area contributed by atoms with Crippen molar-refractivity contribution in [3.05, 3.63) is 52.2 Å². The van der Waals surface area contributed by atoms with E-state index in [4.69, 9.17) is 8.22 Å². The van der Waals surface area contributed by atoms with Crippen LogP contribution in [0, 0.1) is 34.5 Å². The first kappa shape index (κ1) is 7.08. The Morgan fingerprint density at radius 1 is 0.944 bits per heavy atom. The zero-order chi connectivity index (χ0) is 18.4. The number of rotatable bonds is 1. The Morgan fingerprint density at radius 2 is 1.67 bits per heavy atom. The molecule has 1 heterocycles. The summed E-state index contributed by atoms with van der Waals surface area (Å²) in [5, 5.41) is 0. The van der Waals surface area contributed by atoms with Crippen LogP contribution in [0.1, 0.15) is 36.0 Å². The zero-order valence-corrected chi connectivity index (χ0v) is 11.3. The minimum absolute atomic E-state index is 0.322. The van der Waals surface area contributed by atoms with E-state index in [9.17, 15) is 0 Å². The number of pyridine rings is 1. The van der Waals surface area contributed by atoms with E-state index in [0.29, 0.717) is 16.7 Å². The molecule has 0 unspecified atom stereocenters. The van der Waals surface area contributed by atoms with E-state index in [0.717, 1.165) is 22.4 Å². The first-order valence-corrected chi connectivity index (χ1v) is 5.96. The molecule has 0 bridgehead atoms. The second kappa shape index (κ2) is 4.56. The molecule has 0 radical (unpaired) electrons. The number of hydrogen-bond donors (Lipinski definition) is 0. The highest BCUT2D eigenvalue weighted by molar-refractivity contribution is 5.64. The molecule has 1 aromatic heterocycles. The average molecular weight is 246 g/mol. The summed E-state index contributed by atoms with van der Waals surface area (Å²) >= 11 is 0. The first-order chi connectivity index (χ1) is 10.8. The van der Waals surface area contributed by atoms with Crippen molar-refractivity contribution in [1.82, 2.24) is 0 Å². The van der Waals surface area contributed by atoms with Gasteiger partial charge >= 0.3 is 0 Å². The van der Waals surface area contributed by atoms with Crippen LogP contribution < -0.4 is 4.57 Å². The van der Waals surface area contributed by atoms with Crippen molar-refractivity contribution >= 4 is 0 Å². The van der Waals surface area contributed by atoms with Crippen LogP contribution >= 0.6 is 0 Å². The van der Waals surface area contributed by atoms with Crippen molar-refractivity contribution in [3.8, 4) is 11.3 Å². The van der Waals surface area contributed by atoms with Crippen molar-refractivity contribution in [3.63, 3.8) is 0 Å². The van der Waals surface area contributed by atoms with E-state index in [1.807, 2.05) is 19.9 Å². The standard InChI is InChI=1S/C17H22N/c1-11-7-8-16(15(5)14(11)4)17-9-12(2)13(3)10-18(17)6/h7-10H,1-6H3/q+1/i1D3,3D3. The van der Waals surface area contributed by atoms with Crippen LogP contribution in [0.5, 0.6) is 0 Å². The van der Waals surface area contributed by atoms with Crippen molar-refractivity contribution in [2.45, 2.75) is 34.5 Å². The van der Waals surface area contributed by atoms with Gasteiger partial charge in [-0.2, -0.15) is 0 Å². The molecule has 0 saturated heterocycles. The number of hydrogen-bond acceptors (Lipinski definition) is 0. The molecule has 0 aliphatic rings. The van der Waals surface area contributed by atoms with Gasteiger partial charge in [0.25, 0.3) is 0 Å². The number of aromatic nitrogens is 1. The van der Waals surface area contributed by atoms with Gasteiger partial charge < -0.3 is 0 Å². The third-order valence-electron chi connectivity index (χ3n) is 3.54. The van der Waals surface area contributed by atoms with Crippen molar-refractivity contribution < 1.29 is 12.8 Å². The van der Waals surface area contributed by atoms with Crippen molar-refractivity contribution in [2.75, 3.05) is 0 Å². The summed E-state index contributed by atoms with van der Waals surface area (Å²) in [5.41, 5.74) is 4.76. The number of benzene rings is 1. The molecule has 0 amide bonds. The maximum atomic E-state index is 7.62. The van der Waals surface area contributed by atoms with E-state index in [2.05, 4.69) is 0 Å². The average Bonchev–Trinajstić information content (AvgIpc) is 2.41. The molecule has 0 saturated carbocycles. The topological polar surface area (TPSA) is 3.88 Å². The Hall–Kier alpha value is -1.63. The van der Waals surface area contributed by atoms with Crippen LogP contribution in [0.4, 0.5) is 0 Å². The second-order valence-corrected chi connectivity index (χ2v) is 4.78. The maximum Gasteiger partial charge on any atom is 0.212 e. The molecule has 18 heavy (non-hydrogen) atoms. The van der Waals surface area contributed by atoms with Gasteiger partial charge in [0.15, 0.2) is 6.20 Å². The van der Waals surface area contributed by atoms with Gasteiger partial charge in [-0.15, -0.1) is 0 Å². The third kappa shape index (κ3) is 2.05. The minimum Gasteiger partial charge on any atom is -0.201 e. The molecule has 0 aliphatic carbocycles. The van der Waals surface area contributed by atoms with Gasteiger partial charge in [-0.1, -0.05) is 6.07 Å². The molecule has 2 rings (SSSR count). The van der Waals surface area contributed by atoms with Gasteiger partial charge in [-0.3, -0.25) is 0 Å². The Kier molecular flexibility index (Phi) is 1.80. The molecule has 1 heteroatoms. The van der Waals surface area contributed by atoms with E-state index >= 15 is 0 Å². The predicted octanol–water partition coefficient (Wildman–Crippen LogP) is 3.72. The Labute approximate surface area is 119 Å². The third-order valence-corrected chi connectivity index (χ3v) is 3.54. The van der Waals surface area contributed by atoms with Crippen LogP contribution in [0.15, 0.2) is 24.4 Å². The molecule has 0 spiro atoms. The van der Waals surface area contributed by atoms with E-state index in [1.54, 1.807) is 36.9 Å². The lowest BCUT2D eigenvalue weighted by atomic mass is 9.95. The summed E-state index contributed by atoms with van der Waals surface area (Å²) in [5.74, 6) is 0. The summed E-state index contributed by atoms with van der Waals surface area (Å²) in [7, 11) is 1.80. The smallest absolute Gasteiger partial charge is 0.201 e. The van der Waals surface area contributed by atoms with Gasteiger partial charge in [-0.25, -0.2) is 4.57 Å². The second-order valence-electron chi connectivity index (χ2n) is 4.78. The summed E-state index contributed by atoms with van der Waals surface area (Å²) in [6, 6.07) is 5.28. The summed E-state index contributed by atoms with van der Waals surface area (Å²) in [6.45, 7) is 1.19. The van der Waals surface area contributed by atoms with Crippen LogP contribution in [0.2, 0.25) is 0 Å². The van der Waals surface area contributed by atoms with Gasteiger partial charge in [0.05, 0.1) is 0 Å². The van der Waals surface area contributed by atoms with Crippen LogP contribution in [0.25, 0.3) is 11.3 Å².